The van der Waals surface area contributed by atoms with Crippen molar-refractivity contribution in [2.24, 2.45) is 0 Å². The first-order chi connectivity index (χ1) is 11.6. The largest absolute Gasteiger partial charge is 0.493 e. The number of anilines is 1. The number of methoxy groups -OCH3 is 3. The van der Waals surface area contributed by atoms with E-state index in [1.54, 1.807) is 12.1 Å². The zero-order chi connectivity index (χ0) is 17.5. The van der Waals surface area contributed by atoms with Crippen LogP contribution in [0.15, 0.2) is 42.5 Å². The molecule has 2 amide bonds. The second-order valence-corrected chi connectivity index (χ2v) is 5.14. The van der Waals surface area contributed by atoms with Crippen molar-refractivity contribution in [3.05, 3.63) is 48.0 Å². The fourth-order valence-corrected chi connectivity index (χ4v) is 2.34. The molecule has 2 rings (SSSR count). The predicted molar refractivity (Wildman–Crippen MR) is 93.1 cm³/mol. The molecule has 0 saturated heterocycles. The molecule has 2 aromatic carbocycles. The highest BCUT2D eigenvalue weighted by Gasteiger charge is 2.15. The monoisotopic (exact) mass is 330 g/mol. The Bertz CT molecular complexity index is 664. The summed E-state index contributed by atoms with van der Waals surface area (Å²) in [7, 11) is 4.58. The number of hydrogen-bond donors (Lipinski definition) is 2. The summed E-state index contributed by atoms with van der Waals surface area (Å²) in [5.74, 6) is 1.43. The minimum absolute atomic E-state index is 0.117. The molecule has 0 aliphatic heterocycles. The molecular weight excluding hydrogens is 308 g/mol. The first kappa shape index (κ1) is 17.5. The lowest BCUT2D eigenvalue weighted by molar-refractivity contribution is 0.249. The third-order valence-corrected chi connectivity index (χ3v) is 3.57. The lowest BCUT2D eigenvalue weighted by Gasteiger charge is -2.17. The van der Waals surface area contributed by atoms with Gasteiger partial charge in [0.15, 0.2) is 11.5 Å². The van der Waals surface area contributed by atoms with Crippen LogP contribution in [0, 0.1) is 0 Å². The Hall–Kier alpha value is -2.89. The normalized spacial score (nSPS) is 11.3. The molecular formula is C18H22N2O4. The van der Waals surface area contributed by atoms with Crippen LogP contribution in [0.4, 0.5) is 10.5 Å². The standard InChI is InChI=1S/C18H22N2O4/c1-12(13-8-6-5-7-9-13)19-18(21)20-14-10-15(22-2)17(24-4)16(11-14)23-3/h5-12H,1-4H3,(H2,19,20,21)/t12-/m0/s1. The molecule has 6 heteroatoms. The SMILES string of the molecule is COc1cc(NC(=O)N[C@@H](C)c2ccccc2)cc(OC)c1OC. The van der Waals surface area contributed by atoms with Gasteiger partial charge in [0.1, 0.15) is 0 Å². The van der Waals surface area contributed by atoms with Crippen molar-refractivity contribution >= 4 is 11.7 Å². The van der Waals surface area contributed by atoms with Crippen LogP contribution in [0.2, 0.25) is 0 Å². The summed E-state index contributed by atoms with van der Waals surface area (Å²) in [4.78, 5) is 12.2. The molecule has 6 nitrogen and oxygen atoms in total. The lowest BCUT2D eigenvalue weighted by Crippen LogP contribution is -2.31. The van der Waals surface area contributed by atoms with E-state index in [1.807, 2.05) is 37.3 Å². The number of amides is 2. The minimum atomic E-state index is -0.319. The number of carbonyl (C=O) groups is 1. The molecule has 0 bridgehead atoms. The van der Waals surface area contributed by atoms with Gasteiger partial charge < -0.3 is 24.8 Å². The van der Waals surface area contributed by atoms with Gasteiger partial charge in [0.05, 0.1) is 33.1 Å². The van der Waals surface area contributed by atoms with Crippen LogP contribution in [0.25, 0.3) is 0 Å². The fourth-order valence-electron chi connectivity index (χ4n) is 2.34. The molecule has 128 valence electrons. The molecule has 0 heterocycles. The highest BCUT2D eigenvalue weighted by atomic mass is 16.5. The van der Waals surface area contributed by atoms with Crippen molar-refractivity contribution in [1.82, 2.24) is 5.32 Å². The van der Waals surface area contributed by atoms with Crippen LogP contribution < -0.4 is 24.8 Å². The van der Waals surface area contributed by atoms with Gasteiger partial charge in [-0.2, -0.15) is 0 Å². The molecule has 0 radical (unpaired) electrons. The Morgan fingerprint density at radius 3 is 2.04 bits per heavy atom. The molecule has 0 aromatic heterocycles. The van der Waals surface area contributed by atoms with Gasteiger partial charge in [-0.25, -0.2) is 4.79 Å². The van der Waals surface area contributed by atoms with Crippen molar-refractivity contribution in [2.45, 2.75) is 13.0 Å². The van der Waals surface area contributed by atoms with Crippen molar-refractivity contribution in [3.8, 4) is 17.2 Å². The summed E-state index contributed by atoms with van der Waals surface area (Å²) >= 11 is 0. The quantitative estimate of drug-likeness (QED) is 0.849. The van der Waals surface area contributed by atoms with Gasteiger partial charge in [-0.1, -0.05) is 30.3 Å². The topological polar surface area (TPSA) is 68.8 Å². The number of hydrogen-bond acceptors (Lipinski definition) is 4. The maximum Gasteiger partial charge on any atom is 0.319 e. The first-order valence-electron chi connectivity index (χ1n) is 7.51. The third kappa shape index (κ3) is 4.10. The molecule has 0 fully saturated rings. The van der Waals surface area contributed by atoms with Gasteiger partial charge in [0, 0.05) is 12.1 Å². The van der Waals surface area contributed by atoms with Crippen LogP contribution in [-0.4, -0.2) is 27.4 Å². The second kappa shape index (κ2) is 8.10. The van der Waals surface area contributed by atoms with Gasteiger partial charge in [0.2, 0.25) is 5.75 Å². The molecule has 24 heavy (non-hydrogen) atoms. The number of nitrogens with one attached hydrogen (secondary N) is 2. The number of carbonyl (C=O) groups excluding carboxylic acids is 1. The van der Waals surface area contributed by atoms with Crippen molar-refractivity contribution in [3.63, 3.8) is 0 Å². The Kier molecular flexibility index (Phi) is 5.89. The van der Waals surface area contributed by atoms with E-state index in [-0.39, 0.29) is 12.1 Å². The smallest absolute Gasteiger partial charge is 0.319 e. The maximum atomic E-state index is 12.2. The first-order valence-corrected chi connectivity index (χ1v) is 7.51. The van der Waals surface area contributed by atoms with Crippen LogP contribution in [0.1, 0.15) is 18.5 Å². The lowest BCUT2D eigenvalue weighted by atomic mass is 10.1. The third-order valence-electron chi connectivity index (χ3n) is 3.57. The minimum Gasteiger partial charge on any atom is -0.493 e. The van der Waals surface area contributed by atoms with E-state index in [1.165, 1.54) is 21.3 Å². The molecule has 0 saturated carbocycles. The van der Waals surface area contributed by atoms with E-state index >= 15 is 0 Å². The van der Waals surface area contributed by atoms with Crippen LogP contribution >= 0.6 is 0 Å². The van der Waals surface area contributed by atoms with E-state index in [9.17, 15) is 4.79 Å². The van der Waals surface area contributed by atoms with Crippen LogP contribution in [-0.2, 0) is 0 Å². The van der Waals surface area contributed by atoms with Crippen molar-refractivity contribution in [2.75, 3.05) is 26.6 Å². The summed E-state index contributed by atoms with van der Waals surface area (Å²) in [5, 5.41) is 5.66. The van der Waals surface area contributed by atoms with Gasteiger partial charge in [-0.05, 0) is 12.5 Å². The van der Waals surface area contributed by atoms with Gasteiger partial charge in [0.25, 0.3) is 0 Å². The highest BCUT2D eigenvalue weighted by molar-refractivity contribution is 5.90. The highest BCUT2D eigenvalue weighted by Crippen LogP contribution is 2.39. The summed E-state index contributed by atoms with van der Waals surface area (Å²) in [6.07, 6.45) is 0. The van der Waals surface area contributed by atoms with E-state index in [0.717, 1.165) is 5.56 Å². The Labute approximate surface area is 141 Å². The van der Waals surface area contributed by atoms with E-state index < -0.39 is 0 Å². The molecule has 2 N–H and O–H groups in total. The van der Waals surface area contributed by atoms with Gasteiger partial charge >= 0.3 is 6.03 Å². The summed E-state index contributed by atoms with van der Waals surface area (Å²) in [6, 6.07) is 12.6. The zero-order valence-corrected chi connectivity index (χ0v) is 14.3. The van der Waals surface area contributed by atoms with E-state index in [2.05, 4.69) is 10.6 Å². The Balaban J connectivity index is 2.11. The zero-order valence-electron chi connectivity index (χ0n) is 14.3. The van der Waals surface area contributed by atoms with Gasteiger partial charge in [-0.3, -0.25) is 0 Å². The van der Waals surface area contributed by atoms with E-state index in [0.29, 0.717) is 22.9 Å². The second-order valence-electron chi connectivity index (χ2n) is 5.14. The van der Waals surface area contributed by atoms with Gasteiger partial charge in [-0.15, -0.1) is 0 Å². The molecule has 1 atom stereocenters. The summed E-state index contributed by atoms with van der Waals surface area (Å²) < 4.78 is 15.8. The number of rotatable bonds is 6. The number of benzene rings is 2. The number of ether oxygens (including phenoxy) is 3. The molecule has 0 aliphatic rings. The van der Waals surface area contributed by atoms with Crippen molar-refractivity contribution < 1.29 is 19.0 Å². The summed E-state index contributed by atoms with van der Waals surface area (Å²) in [6.45, 7) is 1.92. The average molecular weight is 330 g/mol. The van der Waals surface area contributed by atoms with Crippen LogP contribution in [0.3, 0.4) is 0 Å². The number of urea groups is 1. The molecule has 0 spiro atoms. The summed E-state index contributed by atoms with van der Waals surface area (Å²) in [5.41, 5.74) is 1.57. The maximum absolute atomic E-state index is 12.2. The fraction of sp³-hybridized carbons (Fsp3) is 0.278. The molecule has 2 aromatic rings. The molecule has 0 unspecified atom stereocenters. The van der Waals surface area contributed by atoms with Crippen LogP contribution in [0.5, 0.6) is 17.2 Å². The Morgan fingerprint density at radius 2 is 1.54 bits per heavy atom. The predicted octanol–water partition coefficient (Wildman–Crippen LogP) is 3.60. The van der Waals surface area contributed by atoms with Crippen molar-refractivity contribution in [1.29, 1.82) is 0 Å². The Morgan fingerprint density at radius 1 is 0.958 bits per heavy atom. The van der Waals surface area contributed by atoms with E-state index in [4.69, 9.17) is 14.2 Å². The molecule has 0 aliphatic carbocycles. The average Bonchev–Trinajstić information content (AvgIpc) is 2.61.